The normalized spacial score (nSPS) is 17.2. The molecule has 0 aromatic heterocycles. The molecule has 0 saturated carbocycles. The molecule has 0 bridgehead atoms. The van der Waals surface area contributed by atoms with Gasteiger partial charge in [0.2, 0.25) is 5.91 Å². The van der Waals surface area contributed by atoms with Crippen LogP contribution in [-0.2, 0) is 4.79 Å². The maximum Gasteiger partial charge on any atom is 0.224 e. The number of allylic oxidation sites excluding steroid dienone is 3. The van der Waals surface area contributed by atoms with Crippen molar-refractivity contribution in [2.75, 3.05) is 0 Å². The summed E-state index contributed by atoms with van der Waals surface area (Å²) in [5.41, 5.74) is 2.94. The molecule has 0 aliphatic carbocycles. The van der Waals surface area contributed by atoms with Gasteiger partial charge < -0.3 is 5.32 Å². The summed E-state index contributed by atoms with van der Waals surface area (Å²) in [4.78, 5) is 11.0. The summed E-state index contributed by atoms with van der Waals surface area (Å²) in [6.07, 6.45) is 3.00. The summed E-state index contributed by atoms with van der Waals surface area (Å²) in [7, 11) is 0. The molecule has 0 atom stereocenters. The molecule has 0 aromatic carbocycles. The van der Waals surface area contributed by atoms with Crippen LogP contribution in [0.2, 0.25) is 0 Å². The van der Waals surface area contributed by atoms with Crippen LogP contribution in [0.1, 0.15) is 19.8 Å². The molecule has 1 amide bonds. The SMILES string of the molecule is C=CC1=C(C(=C)C)CCC(=O)N1. The van der Waals surface area contributed by atoms with Crippen LogP contribution in [0.25, 0.3) is 0 Å². The van der Waals surface area contributed by atoms with E-state index in [1.807, 2.05) is 6.92 Å². The monoisotopic (exact) mass is 163 g/mol. The zero-order valence-electron chi connectivity index (χ0n) is 7.31. The molecule has 0 fully saturated rings. The number of nitrogens with one attached hydrogen (secondary N) is 1. The molecule has 1 heterocycles. The quantitative estimate of drug-likeness (QED) is 0.662. The molecule has 12 heavy (non-hydrogen) atoms. The lowest BCUT2D eigenvalue weighted by atomic mass is 9.98. The van der Waals surface area contributed by atoms with E-state index in [-0.39, 0.29) is 5.91 Å². The molecule has 0 spiro atoms. The third kappa shape index (κ3) is 1.64. The van der Waals surface area contributed by atoms with Gasteiger partial charge in [0.15, 0.2) is 0 Å². The fraction of sp³-hybridized carbons (Fsp3) is 0.300. The van der Waals surface area contributed by atoms with Crippen molar-refractivity contribution in [3.8, 4) is 0 Å². The second kappa shape index (κ2) is 3.39. The van der Waals surface area contributed by atoms with Crippen molar-refractivity contribution >= 4 is 5.91 Å². The Morgan fingerprint density at radius 3 is 2.75 bits per heavy atom. The van der Waals surface area contributed by atoms with Crippen LogP contribution in [-0.4, -0.2) is 5.91 Å². The Hall–Kier alpha value is -1.31. The highest BCUT2D eigenvalue weighted by atomic mass is 16.1. The molecule has 2 nitrogen and oxygen atoms in total. The fourth-order valence-corrected chi connectivity index (χ4v) is 1.28. The van der Waals surface area contributed by atoms with E-state index in [4.69, 9.17) is 0 Å². The Morgan fingerprint density at radius 1 is 1.58 bits per heavy atom. The van der Waals surface area contributed by atoms with Gasteiger partial charge in [-0.1, -0.05) is 18.7 Å². The van der Waals surface area contributed by atoms with Crippen LogP contribution in [0.15, 0.2) is 36.1 Å². The minimum Gasteiger partial charge on any atom is -0.326 e. The number of hydrogen-bond acceptors (Lipinski definition) is 1. The predicted octanol–water partition coefficient (Wildman–Crippen LogP) is 1.91. The molecule has 64 valence electrons. The van der Waals surface area contributed by atoms with Gasteiger partial charge in [-0.25, -0.2) is 0 Å². The fourth-order valence-electron chi connectivity index (χ4n) is 1.28. The summed E-state index contributed by atoms with van der Waals surface area (Å²) in [6, 6.07) is 0. The predicted molar refractivity (Wildman–Crippen MR) is 49.4 cm³/mol. The van der Waals surface area contributed by atoms with E-state index in [0.29, 0.717) is 6.42 Å². The van der Waals surface area contributed by atoms with Crippen molar-refractivity contribution < 1.29 is 4.79 Å². The second-order valence-electron chi connectivity index (χ2n) is 2.92. The van der Waals surface area contributed by atoms with Crippen molar-refractivity contribution in [2.45, 2.75) is 19.8 Å². The highest BCUT2D eigenvalue weighted by Gasteiger charge is 2.15. The first kappa shape index (κ1) is 8.78. The summed E-state index contributed by atoms with van der Waals surface area (Å²) in [6.45, 7) is 9.42. The highest BCUT2D eigenvalue weighted by Crippen LogP contribution is 2.21. The van der Waals surface area contributed by atoms with E-state index in [1.54, 1.807) is 6.08 Å². The van der Waals surface area contributed by atoms with Gasteiger partial charge in [-0.15, -0.1) is 0 Å². The summed E-state index contributed by atoms with van der Waals surface area (Å²) in [5.74, 6) is 0.0647. The molecule has 0 saturated heterocycles. The smallest absolute Gasteiger partial charge is 0.224 e. The van der Waals surface area contributed by atoms with Gasteiger partial charge in [0, 0.05) is 12.1 Å². The third-order valence-corrected chi connectivity index (χ3v) is 1.92. The first-order valence-corrected chi connectivity index (χ1v) is 3.96. The zero-order chi connectivity index (χ0) is 9.14. The Labute approximate surface area is 72.7 Å². The van der Waals surface area contributed by atoms with Gasteiger partial charge in [-0.3, -0.25) is 4.79 Å². The molecule has 1 rings (SSSR count). The van der Waals surface area contributed by atoms with E-state index >= 15 is 0 Å². The number of rotatable bonds is 2. The van der Waals surface area contributed by atoms with Crippen LogP contribution < -0.4 is 5.32 Å². The number of carbonyl (C=O) groups is 1. The lowest BCUT2D eigenvalue weighted by Crippen LogP contribution is -2.27. The van der Waals surface area contributed by atoms with Crippen LogP contribution in [0.4, 0.5) is 0 Å². The molecule has 1 aliphatic rings. The number of carbonyl (C=O) groups excluding carboxylic acids is 1. The maximum absolute atomic E-state index is 11.0. The van der Waals surface area contributed by atoms with Gasteiger partial charge in [0.25, 0.3) is 0 Å². The van der Waals surface area contributed by atoms with E-state index in [1.165, 1.54) is 0 Å². The van der Waals surface area contributed by atoms with Crippen LogP contribution >= 0.6 is 0 Å². The number of amides is 1. The third-order valence-electron chi connectivity index (χ3n) is 1.92. The first-order chi connectivity index (χ1) is 5.65. The Kier molecular flexibility index (Phi) is 2.48. The first-order valence-electron chi connectivity index (χ1n) is 3.96. The standard InChI is InChI=1S/C10H13NO/c1-4-9-8(7(2)3)5-6-10(12)11-9/h4H,1-2,5-6H2,3H3,(H,11,12). The van der Waals surface area contributed by atoms with Crippen LogP contribution in [0.5, 0.6) is 0 Å². The van der Waals surface area contributed by atoms with E-state index < -0.39 is 0 Å². The molecule has 0 unspecified atom stereocenters. The minimum absolute atomic E-state index is 0.0647. The summed E-state index contributed by atoms with van der Waals surface area (Å²) < 4.78 is 0. The van der Waals surface area contributed by atoms with Crippen LogP contribution in [0, 0.1) is 0 Å². The van der Waals surface area contributed by atoms with Crippen molar-refractivity contribution in [1.29, 1.82) is 0 Å². The topological polar surface area (TPSA) is 29.1 Å². The molecular formula is C10H13NO. The number of hydrogen-bond donors (Lipinski definition) is 1. The van der Waals surface area contributed by atoms with E-state index in [0.717, 1.165) is 23.3 Å². The van der Waals surface area contributed by atoms with Crippen molar-refractivity contribution in [3.05, 3.63) is 36.1 Å². The van der Waals surface area contributed by atoms with Crippen molar-refractivity contribution in [2.24, 2.45) is 0 Å². The maximum atomic E-state index is 11.0. The lowest BCUT2D eigenvalue weighted by molar-refractivity contribution is -0.120. The highest BCUT2D eigenvalue weighted by molar-refractivity contribution is 5.80. The van der Waals surface area contributed by atoms with Gasteiger partial charge in [-0.05, 0) is 25.0 Å². The molecular weight excluding hydrogens is 150 g/mol. The lowest BCUT2D eigenvalue weighted by Gasteiger charge is -2.18. The van der Waals surface area contributed by atoms with Gasteiger partial charge in [0.05, 0.1) is 0 Å². The van der Waals surface area contributed by atoms with Crippen molar-refractivity contribution in [3.63, 3.8) is 0 Å². The Bertz CT molecular complexity index is 274. The summed E-state index contributed by atoms with van der Waals surface area (Å²) >= 11 is 0. The Morgan fingerprint density at radius 2 is 2.25 bits per heavy atom. The zero-order valence-corrected chi connectivity index (χ0v) is 7.31. The largest absolute Gasteiger partial charge is 0.326 e. The molecule has 0 aromatic rings. The van der Waals surface area contributed by atoms with E-state index in [2.05, 4.69) is 18.5 Å². The molecule has 1 N–H and O–H groups in total. The average molecular weight is 163 g/mol. The van der Waals surface area contributed by atoms with Gasteiger partial charge >= 0.3 is 0 Å². The Balaban J connectivity index is 2.98. The minimum atomic E-state index is 0.0647. The van der Waals surface area contributed by atoms with Gasteiger partial charge in [-0.2, -0.15) is 0 Å². The molecule has 1 aliphatic heterocycles. The average Bonchev–Trinajstić information content (AvgIpc) is 2.03. The second-order valence-corrected chi connectivity index (χ2v) is 2.92. The van der Waals surface area contributed by atoms with Crippen molar-refractivity contribution in [1.82, 2.24) is 5.32 Å². The molecule has 0 radical (unpaired) electrons. The summed E-state index contributed by atoms with van der Waals surface area (Å²) in [5, 5.41) is 2.76. The van der Waals surface area contributed by atoms with Crippen LogP contribution in [0.3, 0.4) is 0 Å². The molecule has 2 heteroatoms. The van der Waals surface area contributed by atoms with E-state index in [9.17, 15) is 4.79 Å². The van der Waals surface area contributed by atoms with Gasteiger partial charge in [0.1, 0.15) is 0 Å².